The van der Waals surface area contributed by atoms with Crippen LogP contribution >= 0.6 is 35.0 Å². The van der Waals surface area contributed by atoms with E-state index in [9.17, 15) is 14.4 Å². The molecule has 0 aromatic heterocycles. The molecule has 6 nitrogen and oxygen atoms in total. The molecule has 3 aliphatic rings. The number of anilines is 2. The van der Waals surface area contributed by atoms with Crippen molar-refractivity contribution in [2.24, 2.45) is 11.8 Å². The maximum absolute atomic E-state index is 13.8. The van der Waals surface area contributed by atoms with Crippen molar-refractivity contribution < 1.29 is 14.4 Å². The van der Waals surface area contributed by atoms with E-state index in [2.05, 4.69) is 10.6 Å². The Balaban J connectivity index is 1.67. The fourth-order valence-electron chi connectivity index (χ4n) is 5.15. The molecule has 5 rings (SSSR count). The van der Waals surface area contributed by atoms with Crippen molar-refractivity contribution in [3.8, 4) is 0 Å². The summed E-state index contributed by atoms with van der Waals surface area (Å²) in [7, 11) is 0. The highest BCUT2D eigenvalue weighted by Crippen LogP contribution is 2.54. The van der Waals surface area contributed by atoms with Crippen molar-refractivity contribution in [2.45, 2.75) is 18.0 Å². The second-order valence-electron chi connectivity index (χ2n) is 7.95. The average Bonchev–Trinajstić information content (AvgIpc) is 3.33. The molecule has 160 valence electrons. The molecule has 2 fully saturated rings. The fraction of sp³-hybridized carbons (Fsp3) is 0.318. The number of nitrogens with zero attached hydrogens (tertiary/aromatic N) is 1. The Morgan fingerprint density at radius 2 is 1.87 bits per heavy atom. The third-order valence-electron chi connectivity index (χ3n) is 6.40. The Labute approximate surface area is 193 Å². The third kappa shape index (κ3) is 2.87. The van der Waals surface area contributed by atoms with Gasteiger partial charge in [-0.25, -0.2) is 4.90 Å². The van der Waals surface area contributed by atoms with E-state index in [0.29, 0.717) is 22.7 Å². The van der Waals surface area contributed by atoms with Crippen LogP contribution in [-0.2, 0) is 19.9 Å². The number of thioether (sulfide) groups is 1. The molecule has 2 N–H and O–H groups in total. The number of nitrogens with one attached hydrogen (secondary N) is 2. The van der Waals surface area contributed by atoms with E-state index < -0.39 is 23.3 Å². The molecule has 4 unspecified atom stereocenters. The van der Waals surface area contributed by atoms with E-state index in [0.717, 1.165) is 10.7 Å². The van der Waals surface area contributed by atoms with Gasteiger partial charge in [-0.15, -0.1) is 0 Å². The molecule has 0 radical (unpaired) electrons. The minimum absolute atomic E-state index is 0.254. The first-order chi connectivity index (χ1) is 14.9. The monoisotopic (exact) mass is 475 g/mol. The summed E-state index contributed by atoms with van der Waals surface area (Å²) >= 11 is 14.1. The highest BCUT2D eigenvalue weighted by molar-refractivity contribution is 7.98. The van der Waals surface area contributed by atoms with Gasteiger partial charge in [0.1, 0.15) is 5.54 Å². The maximum Gasteiger partial charge on any atom is 0.250 e. The van der Waals surface area contributed by atoms with Crippen molar-refractivity contribution >= 4 is 64.1 Å². The first kappa shape index (κ1) is 20.8. The lowest BCUT2D eigenvalue weighted by molar-refractivity contribution is -0.130. The van der Waals surface area contributed by atoms with E-state index >= 15 is 0 Å². The molecule has 31 heavy (non-hydrogen) atoms. The van der Waals surface area contributed by atoms with Gasteiger partial charge in [0.15, 0.2) is 0 Å². The normalized spacial score (nSPS) is 28.9. The lowest BCUT2D eigenvalue weighted by Crippen LogP contribution is -2.53. The van der Waals surface area contributed by atoms with Crippen molar-refractivity contribution in [2.75, 3.05) is 22.2 Å². The minimum Gasteiger partial charge on any atom is -0.324 e. The SMILES string of the molecule is CSCCC1NC2(C(=O)Nc3ccccc32)C2C(=O)N(c3cc(Cl)ccc3Cl)C(=O)C12. The molecule has 9 heteroatoms. The predicted octanol–water partition coefficient (Wildman–Crippen LogP) is 3.67. The molecular formula is C22H19Cl2N3O3S. The number of imide groups is 1. The van der Waals surface area contributed by atoms with Crippen molar-refractivity contribution in [3.63, 3.8) is 0 Å². The molecule has 0 bridgehead atoms. The lowest BCUT2D eigenvalue weighted by Gasteiger charge is -2.29. The molecule has 4 atom stereocenters. The van der Waals surface area contributed by atoms with Crippen LogP contribution in [0.1, 0.15) is 12.0 Å². The molecule has 3 amide bonds. The molecule has 3 aliphatic heterocycles. The summed E-state index contributed by atoms with van der Waals surface area (Å²) in [4.78, 5) is 41.8. The van der Waals surface area contributed by atoms with E-state index in [1.807, 2.05) is 24.5 Å². The van der Waals surface area contributed by atoms with Crippen LogP contribution in [0.4, 0.5) is 11.4 Å². The number of carbonyl (C=O) groups is 3. The van der Waals surface area contributed by atoms with Crippen LogP contribution in [0.15, 0.2) is 42.5 Å². The molecule has 2 aromatic carbocycles. The summed E-state index contributed by atoms with van der Waals surface area (Å²) < 4.78 is 0. The number of rotatable bonds is 4. The Hall–Kier alpha value is -2.06. The number of hydrogen-bond acceptors (Lipinski definition) is 5. The van der Waals surface area contributed by atoms with Crippen LogP contribution in [-0.4, -0.2) is 35.8 Å². The molecule has 2 aromatic rings. The van der Waals surface area contributed by atoms with Gasteiger partial charge in [0.2, 0.25) is 17.7 Å². The first-order valence-corrected chi connectivity index (χ1v) is 12.1. The average molecular weight is 476 g/mol. The van der Waals surface area contributed by atoms with Gasteiger partial charge >= 0.3 is 0 Å². The summed E-state index contributed by atoms with van der Waals surface area (Å²) in [6, 6.07) is 11.7. The van der Waals surface area contributed by atoms with Crippen molar-refractivity contribution in [1.29, 1.82) is 0 Å². The van der Waals surface area contributed by atoms with E-state index in [-0.39, 0.29) is 28.6 Å². The topological polar surface area (TPSA) is 78.5 Å². The van der Waals surface area contributed by atoms with Crippen molar-refractivity contribution in [1.82, 2.24) is 5.32 Å². The third-order valence-corrected chi connectivity index (χ3v) is 7.60. The van der Waals surface area contributed by atoms with Gasteiger partial charge in [-0.05, 0) is 42.7 Å². The molecule has 0 saturated carbocycles. The highest BCUT2D eigenvalue weighted by atomic mass is 35.5. The Morgan fingerprint density at radius 3 is 2.65 bits per heavy atom. The number of hydrogen-bond donors (Lipinski definition) is 2. The van der Waals surface area contributed by atoms with Crippen LogP contribution in [0, 0.1) is 11.8 Å². The second kappa shape index (κ2) is 7.52. The number of carbonyl (C=O) groups excluding carboxylic acids is 3. The lowest BCUT2D eigenvalue weighted by atomic mass is 9.76. The standard InChI is InChI=1S/C22H19Cl2N3O3S/c1-31-9-8-15-17-18(22(26-15)12-4-2-3-5-14(12)25-21(22)30)20(29)27(19(17)28)16-10-11(23)6-7-13(16)24/h2-7,10,15,17-18,26H,8-9H2,1H3,(H,25,30). The van der Waals surface area contributed by atoms with Gasteiger partial charge in [-0.2, -0.15) is 11.8 Å². The summed E-state index contributed by atoms with van der Waals surface area (Å²) in [5, 5.41) is 6.93. The first-order valence-electron chi connectivity index (χ1n) is 9.90. The van der Waals surface area contributed by atoms with E-state index in [1.165, 1.54) is 6.07 Å². The molecule has 2 saturated heterocycles. The van der Waals surface area contributed by atoms with Gasteiger partial charge in [-0.1, -0.05) is 41.4 Å². The highest BCUT2D eigenvalue weighted by Gasteiger charge is 2.70. The minimum atomic E-state index is -1.29. The van der Waals surface area contributed by atoms with Gasteiger partial charge in [0, 0.05) is 22.3 Å². The summed E-state index contributed by atoms with van der Waals surface area (Å²) in [5.41, 5.74) is 0.311. The summed E-state index contributed by atoms with van der Waals surface area (Å²) in [5.74, 6) is -1.86. The zero-order valence-corrected chi connectivity index (χ0v) is 18.9. The quantitative estimate of drug-likeness (QED) is 0.659. The summed E-state index contributed by atoms with van der Waals surface area (Å²) in [6.07, 6.45) is 2.63. The maximum atomic E-state index is 13.8. The zero-order valence-electron chi connectivity index (χ0n) is 16.5. The van der Waals surface area contributed by atoms with Crippen LogP contribution in [0.25, 0.3) is 0 Å². The smallest absolute Gasteiger partial charge is 0.250 e. The van der Waals surface area contributed by atoms with Gasteiger partial charge in [0.05, 0.1) is 22.5 Å². The predicted molar refractivity (Wildman–Crippen MR) is 123 cm³/mol. The van der Waals surface area contributed by atoms with E-state index in [4.69, 9.17) is 23.2 Å². The number of para-hydroxylation sites is 1. The van der Waals surface area contributed by atoms with Crippen LogP contribution < -0.4 is 15.5 Å². The van der Waals surface area contributed by atoms with Gasteiger partial charge < -0.3 is 5.32 Å². The van der Waals surface area contributed by atoms with Gasteiger partial charge in [-0.3, -0.25) is 19.7 Å². The second-order valence-corrected chi connectivity index (χ2v) is 9.78. The Kier molecular flexibility index (Phi) is 5.05. The molecule has 3 heterocycles. The van der Waals surface area contributed by atoms with Crippen LogP contribution in [0.5, 0.6) is 0 Å². The number of benzene rings is 2. The van der Waals surface area contributed by atoms with Gasteiger partial charge in [0.25, 0.3) is 0 Å². The number of amides is 3. The fourth-order valence-corrected chi connectivity index (χ4v) is 6.00. The molecule has 0 aliphatic carbocycles. The molecular weight excluding hydrogens is 457 g/mol. The number of fused-ring (bicyclic) bond motifs is 4. The molecule has 1 spiro atoms. The van der Waals surface area contributed by atoms with Crippen LogP contribution in [0.3, 0.4) is 0 Å². The Morgan fingerprint density at radius 1 is 1.10 bits per heavy atom. The van der Waals surface area contributed by atoms with E-state index in [1.54, 1.807) is 30.0 Å². The van der Waals surface area contributed by atoms with Crippen molar-refractivity contribution in [3.05, 3.63) is 58.1 Å². The summed E-state index contributed by atoms with van der Waals surface area (Å²) in [6.45, 7) is 0. The largest absolute Gasteiger partial charge is 0.324 e. The zero-order chi connectivity index (χ0) is 21.9. The Bertz CT molecular complexity index is 1130. The number of halogens is 2. The van der Waals surface area contributed by atoms with Crippen LogP contribution in [0.2, 0.25) is 10.0 Å².